The Morgan fingerprint density at radius 3 is 2.39 bits per heavy atom. The van der Waals surface area contributed by atoms with Crippen LogP contribution in [0.3, 0.4) is 0 Å². The van der Waals surface area contributed by atoms with Crippen LogP contribution in [-0.4, -0.2) is 53.7 Å². The first-order chi connectivity index (χ1) is 8.57. The highest BCUT2D eigenvalue weighted by atomic mass is 32.2. The van der Waals surface area contributed by atoms with E-state index in [9.17, 15) is 8.42 Å². The Hall–Kier alpha value is -0.860. The Kier molecular flexibility index (Phi) is 4.08. The number of oxime groups is 1. The molecule has 0 spiro atoms. The number of hydrogen-bond acceptors (Lipinski definition) is 4. The standard InChI is InChI=1S/C10H20N4O3S/c11-10(12-15)9-5-1-2-8-14(9)18(16,17)13-6-3-4-7-13/h9,15H,1-8H2,(H2,11,12). The SMILES string of the molecule is NC(=NO)C1CCCCN1S(=O)(=O)N1CCCC1. The molecule has 8 heteroatoms. The molecule has 0 aromatic rings. The van der Waals surface area contributed by atoms with Crippen molar-refractivity contribution >= 4 is 16.0 Å². The summed E-state index contributed by atoms with van der Waals surface area (Å²) < 4.78 is 27.8. The fourth-order valence-electron chi connectivity index (χ4n) is 2.61. The van der Waals surface area contributed by atoms with Crippen molar-refractivity contribution in [2.24, 2.45) is 10.9 Å². The van der Waals surface area contributed by atoms with Crippen molar-refractivity contribution in [2.45, 2.75) is 38.1 Å². The lowest BCUT2D eigenvalue weighted by atomic mass is 10.0. The second kappa shape index (κ2) is 5.41. The van der Waals surface area contributed by atoms with Crippen LogP contribution < -0.4 is 5.73 Å². The molecule has 0 aliphatic carbocycles. The van der Waals surface area contributed by atoms with E-state index in [-0.39, 0.29) is 5.84 Å². The molecule has 2 rings (SSSR count). The molecule has 2 aliphatic heterocycles. The van der Waals surface area contributed by atoms with Crippen molar-refractivity contribution in [1.82, 2.24) is 8.61 Å². The van der Waals surface area contributed by atoms with Crippen LogP contribution in [0, 0.1) is 0 Å². The van der Waals surface area contributed by atoms with Gasteiger partial charge in [0.2, 0.25) is 0 Å². The molecular formula is C10H20N4O3S. The van der Waals surface area contributed by atoms with E-state index in [2.05, 4.69) is 5.16 Å². The molecule has 1 atom stereocenters. The van der Waals surface area contributed by atoms with Gasteiger partial charge in [0.05, 0.1) is 6.04 Å². The molecule has 7 nitrogen and oxygen atoms in total. The van der Waals surface area contributed by atoms with Gasteiger partial charge in [0.15, 0.2) is 5.84 Å². The maximum Gasteiger partial charge on any atom is 0.282 e. The van der Waals surface area contributed by atoms with Gasteiger partial charge < -0.3 is 10.9 Å². The van der Waals surface area contributed by atoms with Gasteiger partial charge >= 0.3 is 0 Å². The monoisotopic (exact) mass is 276 g/mol. The summed E-state index contributed by atoms with van der Waals surface area (Å²) in [4.78, 5) is 0. The van der Waals surface area contributed by atoms with Crippen LogP contribution in [0.5, 0.6) is 0 Å². The van der Waals surface area contributed by atoms with Gasteiger partial charge in [0.1, 0.15) is 0 Å². The average molecular weight is 276 g/mol. The van der Waals surface area contributed by atoms with Gasteiger partial charge in [0, 0.05) is 19.6 Å². The summed E-state index contributed by atoms with van der Waals surface area (Å²) in [5, 5.41) is 11.7. The van der Waals surface area contributed by atoms with Gasteiger partial charge in [-0.05, 0) is 25.7 Å². The molecule has 0 saturated carbocycles. The Morgan fingerprint density at radius 2 is 1.78 bits per heavy atom. The summed E-state index contributed by atoms with van der Waals surface area (Å²) >= 11 is 0. The lowest BCUT2D eigenvalue weighted by Gasteiger charge is -2.36. The van der Waals surface area contributed by atoms with Crippen molar-refractivity contribution in [2.75, 3.05) is 19.6 Å². The largest absolute Gasteiger partial charge is 0.409 e. The average Bonchev–Trinajstić information content (AvgIpc) is 2.92. The smallest absolute Gasteiger partial charge is 0.282 e. The van der Waals surface area contributed by atoms with Gasteiger partial charge in [-0.1, -0.05) is 11.6 Å². The normalized spacial score (nSPS) is 28.7. The van der Waals surface area contributed by atoms with Crippen LogP contribution in [0.25, 0.3) is 0 Å². The zero-order valence-electron chi connectivity index (χ0n) is 10.3. The zero-order chi connectivity index (χ0) is 13.2. The lowest BCUT2D eigenvalue weighted by molar-refractivity contribution is 0.267. The molecule has 0 bridgehead atoms. The highest BCUT2D eigenvalue weighted by Crippen LogP contribution is 2.25. The van der Waals surface area contributed by atoms with Crippen LogP contribution in [0.1, 0.15) is 32.1 Å². The minimum absolute atomic E-state index is 0.0162. The van der Waals surface area contributed by atoms with Gasteiger partial charge in [-0.3, -0.25) is 0 Å². The predicted octanol–water partition coefficient (Wildman–Crippen LogP) is -0.0721. The molecule has 2 aliphatic rings. The van der Waals surface area contributed by atoms with Crippen molar-refractivity contribution in [3.63, 3.8) is 0 Å². The van der Waals surface area contributed by atoms with E-state index in [1.807, 2.05) is 0 Å². The fourth-order valence-corrected chi connectivity index (χ4v) is 4.52. The summed E-state index contributed by atoms with van der Waals surface area (Å²) in [7, 11) is -3.47. The highest BCUT2D eigenvalue weighted by Gasteiger charge is 2.39. The fraction of sp³-hybridized carbons (Fsp3) is 0.900. The van der Waals surface area contributed by atoms with Gasteiger partial charge in [0.25, 0.3) is 10.2 Å². The van der Waals surface area contributed by atoms with Crippen LogP contribution in [0.2, 0.25) is 0 Å². The molecule has 3 N–H and O–H groups in total. The first-order valence-electron chi connectivity index (χ1n) is 6.31. The minimum atomic E-state index is -3.47. The van der Waals surface area contributed by atoms with E-state index in [4.69, 9.17) is 10.9 Å². The Balaban J connectivity index is 2.22. The molecule has 0 radical (unpaired) electrons. The van der Waals surface area contributed by atoms with Crippen molar-refractivity contribution < 1.29 is 13.6 Å². The molecule has 104 valence electrons. The number of piperidine rings is 1. The van der Waals surface area contributed by atoms with E-state index in [1.165, 1.54) is 8.61 Å². The Morgan fingerprint density at radius 1 is 1.17 bits per heavy atom. The number of nitrogens with two attached hydrogens (primary N) is 1. The van der Waals surface area contributed by atoms with Crippen LogP contribution in [0.15, 0.2) is 5.16 Å². The van der Waals surface area contributed by atoms with E-state index in [0.29, 0.717) is 26.1 Å². The third-order valence-corrected chi connectivity index (χ3v) is 5.65. The molecule has 0 aromatic carbocycles. The molecule has 18 heavy (non-hydrogen) atoms. The summed E-state index contributed by atoms with van der Waals surface area (Å²) in [6.07, 6.45) is 4.14. The zero-order valence-corrected chi connectivity index (χ0v) is 11.1. The highest BCUT2D eigenvalue weighted by molar-refractivity contribution is 7.86. The van der Waals surface area contributed by atoms with Crippen LogP contribution in [-0.2, 0) is 10.2 Å². The molecule has 0 amide bonds. The Labute approximate surface area is 107 Å². The first-order valence-corrected chi connectivity index (χ1v) is 7.71. The summed E-state index contributed by atoms with van der Waals surface area (Å²) in [5.41, 5.74) is 5.61. The van der Waals surface area contributed by atoms with E-state index in [0.717, 1.165) is 25.7 Å². The third kappa shape index (κ3) is 2.45. The summed E-state index contributed by atoms with van der Waals surface area (Å²) in [5.74, 6) is -0.0162. The quantitative estimate of drug-likeness (QED) is 0.326. The number of rotatable bonds is 3. The summed E-state index contributed by atoms with van der Waals surface area (Å²) in [6, 6.07) is -0.505. The number of amidine groups is 1. The maximum atomic E-state index is 12.5. The predicted molar refractivity (Wildman–Crippen MR) is 67.5 cm³/mol. The minimum Gasteiger partial charge on any atom is -0.409 e. The van der Waals surface area contributed by atoms with Crippen LogP contribution in [0.4, 0.5) is 0 Å². The summed E-state index contributed by atoms with van der Waals surface area (Å²) in [6.45, 7) is 1.59. The lowest BCUT2D eigenvalue weighted by Crippen LogP contribution is -2.54. The van der Waals surface area contributed by atoms with Crippen molar-refractivity contribution in [3.8, 4) is 0 Å². The second-order valence-corrected chi connectivity index (χ2v) is 6.64. The number of nitrogens with zero attached hydrogens (tertiary/aromatic N) is 3. The van der Waals surface area contributed by atoms with Gasteiger partial charge in [-0.15, -0.1) is 0 Å². The van der Waals surface area contributed by atoms with Crippen molar-refractivity contribution in [3.05, 3.63) is 0 Å². The third-order valence-electron chi connectivity index (χ3n) is 3.60. The molecular weight excluding hydrogens is 256 g/mol. The molecule has 2 heterocycles. The molecule has 2 fully saturated rings. The van der Waals surface area contributed by atoms with Crippen LogP contribution >= 0.6 is 0 Å². The second-order valence-electron chi connectivity index (χ2n) is 4.76. The van der Waals surface area contributed by atoms with Gasteiger partial charge in [-0.2, -0.15) is 17.0 Å². The van der Waals surface area contributed by atoms with E-state index >= 15 is 0 Å². The van der Waals surface area contributed by atoms with E-state index in [1.54, 1.807) is 0 Å². The Bertz CT molecular complexity index is 417. The number of hydrogen-bond donors (Lipinski definition) is 2. The molecule has 2 saturated heterocycles. The molecule has 1 unspecified atom stereocenters. The van der Waals surface area contributed by atoms with Crippen molar-refractivity contribution in [1.29, 1.82) is 0 Å². The van der Waals surface area contributed by atoms with E-state index < -0.39 is 16.3 Å². The topological polar surface area (TPSA) is 99.2 Å². The maximum absolute atomic E-state index is 12.5. The first kappa shape index (κ1) is 13.6. The van der Waals surface area contributed by atoms with Gasteiger partial charge in [-0.25, -0.2) is 0 Å². The molecule has 0 aromatic heterocycles.